The largest absolute Gasteiger partial charge is 0.465 e. The number of hydrogen-bond donors (Lipinski definition) is 2. The molecule has 1 aliphatic heterocycles. The fourth-order valence-electron chi connectivity index (χ4n) is 3.30. The molecule has 9 nitrogen and oxygen atoms in total. The van der Waals surface area contributed by atoms with E-state index < -0.39 is 11.9 Å². The number of amides is 1. The first-order chi connectivity index (χ1) is 14.9. The second kappa shape index (κ2) is 8.34. The van der Waals surface area contributed by atoms with Crippen LogP contribution in [0.1, 0.15) is 17.8 Å². The molecule has 31 heavy (non-hydrogen) atoms. The van der Waals surface area contributed by atoms with Crippen LogP contribution in [0.5, 0.6) is 11.8 Å². The maximum atomic E-state index is 14.8. The number of nitrogen functional groups attached to an aromatic ring is 1. The standard InChI is InChI=1S/C21H19FN6O3/c1-12-4-7-24-20(27-12)31-16-3-2-14(10-15(16)22)17-18(25-11-26-19(17)23)13-5-8-28(9-6-13)21(29)30/h2-5,7,10-11H,6,8-9H2,1H3,(H,29,30)(H2,23,25,26). The Morgan fingerprint density at radius 3 is 2.77 bits per heavy atom. The van der Waals surface area contributed by atoms with Gasteiger partial charge in [-0.2, -0.15) is 0 Å². The number of halogens is 1. The minimum Gasteiger partial charge on any atom is -0.465 e. The van der Waals surface area contributed by atoms with E-state index in [1.807, 2.05) is 0 Å². The highest BCUT2D eigenvalue weighted by atomic mass is 19.1. The lowest BCUT2D eigenvalue weighted by atomic mass is 9.96. The Balaban J connectivity index is 1.67. The first-order valence-corrected chi connectivity index (χ1v) is 9.47. The molecule has 158 valence electrons. The number of carbonyl (C=O) groups is 1. The third kappa shape index (κ3) is 4.27. The summed E-state index contributed by atoms with van der Waals surface area (Å²) in [5.41, 5.74) is 9.14. The molecular weight excluding hydrogens is 403 g/mol. The number of rotatable bonds is 4. The van der Waals surface area contributed by atoms with Crippen LogP contribution in [-0.2, 0) is 0 Å². The van der Waals surface area contributed by atoms with E-state index in [1.54, 1.807) is 25.1 Å². The number of aryl methyl sites for hydroxylation is 1. The van der Waals surface area contributed by atoms with E-state index in [-0.39, 0.29) is 24.1 Å². The summed E-state index contributed by atoms with van der Waals surface area (Å²) in [6, 6.07) is 6.16. The monoisotopic (exact) mass is 422 g/mol. The molecule has 0 atom stereocenters. The summed E-state index contributed by atoms with van der Waals surface area (Å²) in [6.07, 6.45) is 4.13. The number of nitrogens with zero attached hydrogens (tertiary/aromatic N) is 5. The molecule has 4 rings (SSSR count). The smallest absolute Gasteiger partial charge is 0.407 e. The van der Waals surface area contributed by atoms with E-state index in [1.165, 1.54) is 29.6 Å². The van der Waals surface area contributed by atoms with Crippen molar-refractivity contribution < 1.29 is 19.0 Å². The lowest BCUT2D eigenvalue weighted by molar-refractivity contribution is 0.150. The molecule has 0 spiro atoms. The Hall–Kier alpha value is -4.08. The maximum absolute atomic E-state index is 14.8. The van der Waals surface area contributed by atoms with Crippen LogP contribution in [0.15, 0.2) is 42.9 Å². The number of nitrogens with two attached hydrogens (primary N) is 1. The average Bonchev–Trinajstić information content (AvgIpc) is 2.75. The highest BCUT2D eigenvalue weighted by molar-refractivity contribution is 5.86. The van der Waals surface area contributed by atoms with Crippen LogP contribution in [0.4, 0.5) is 15.0 Å². The van der Waals surface area contributed by atoms with E-state index in [2.05, 4.69) is 19.9 Å². The van der Waals surface area contributed by atoms with Crippen molar-refractivity contribution in [2.24, 2.45) is 0 Å². The van der Waals surface area contributed by atoms with Crippen LogP contribution < -0.4 is 10.5 Å². The van der Waals surface area contributed by atoms with Gasteiger partial charge < -0.3 is 20.5 Å². The van der Waals surface area contributed by atoms with Crippen molar-refractivity contribution in [3.8, 4) is 22.9 Å². The molecule has 0 saturated heterocycles. The van der Waals surface area contributed by atoms with Crippen molar-refractivity contribution in [1.29, 1.82) is 0 Å². The summed E-state index contributed by atoms with van der Waals surface area (Å²) in [7, 11) is 0. The first kappa shape index (κ1) is 20.2. The van der Waals surface area contributed by atoms with Crippen LogP contribution in [0, 0.1) is 12.7 Å². The topological polar surface area (TPSA) is 127 Å². The van der Waals surface area contributed by atoms with E-state index in [0.717, 1.165) is 5.57 Å². The summed E-state index contributed by atoms with van der Waals surface area (Å²) in [5, 5.41) is 9.14. The molecule has 0 saturated carbocycles. The third-order valence-corrected chi connectivity index (χ3v) is 4.85. The minimum absolute atomic E-state index is 0.0275. The molecule has 1 amide bonds. The molecule has 3 N–H and O–H groups in total. The number of anilines is 1. The van der Waals surface area contributed by atoms with Gasteiger partial charge >= 0.3 is 12.1 Å². The predicted molar refractivity (Wildman–Crippen MR) is 111 cm³/mol. The van der Waals surface area contributed by atoms with Crippen LogP contribution in [0.2, 0.25) is 0 Å². The van der Waals surface area contributed by atoms with Gasteiger partial charge in [0, 0.05) is 25.0 Å². The van der Waals surface area contributed by atoms with Crippen molar-refractivity contribution in [2.45, 2.75) is 13.3 Å². The SMILES string of the molecule is Cc1ccnc(Oc2ccc(-c3c(N)ncnc3C3=CCN(C(=O)O)CC3)cc2F)n1. The molecule has 0 aliphatic carbocycles. The Labute approximate surface area is 177 Å². The van der Waals surface area contributed by atoms with E-state index in [9.17, 15) is 9.18 Å². The van der Waals surface area contributed by atoms with Crippen molar-refractivity contribution in [3.05, 3.63) is 60.1 Å². The zero-order chi connectivity index (χ0) is 22.0. The highest BCUT2D eigenvalue weighted by Crippen LogP contribution is 2.36. The van der Waals surface area contributed by atoms with Gasteiger partial charge in [0.25, 0.3) is 0 Å². The van der Waals surface area contributed by atoms with E-state index in [4.69, 9.17) is 15.6 Å². The van der Waals surface area contributed by atoms with Gasteiger partial charge in [0.1, 0.15) is 12.1 Å². The fourth-order valence-corrected chi connectivity index (χ4v) is 3.30. The number of aromatic nitrogens is 4. The van der Waals surface area contributed by atoms with Crippen molar-refractivity contribution in [3.63, 3.8) is 0 Å². The zero-order valence-corrected chi connectivity index (χ0v) is 16.6. The molecule has 0 fully saturated rings. The molecule has 1 aliphatic rings. The summed E-state index contributed by atoms with van der Waals surface area (Å²) in [4.78, 5) is 28.9. The second-order valence-corrected chi connectivity index (χ2v) is 6.92. The minimum atomic E-state index is -0.979. The number of ether oxygens (including phenoxy) is 1. The van der Waals surface area contributed by atoms with E-state index >= 15 is 0 Å². The normalized spacial score (nSPS) is 13.6. The van der Waals surface area contributed by atoms with E-state index in [0.29, 0.717) is 35.5 Å². The van der Waals surface area contributed by atoms with Crippen molar-refractivity contribution in [1.82, 2.24) is 24.8 Å². The molecule has 1 aromatic carbocycles. The van der Waals surface area contributed by atoms with Crippen molar-refractivity contribution in [2.75, 3.05) is 18.8 Å². The van der Waals surface area contributed by atoms with Gasteiger partial charge in [-0.05, 0) is 42.7 Å². The fraction of sp³-hybridized carbons (Fsp3) is 0.190. The zero-order valence-electron chi connectivity index (χ0n) is 16.6. The summed E-state index contributed by atoms with van der Waals surface area (Å²) in [5.74, 6) is -0.451. The predicted octanol–water partition coefficient (Wildman–Crippen LogP) is 3.52. The van der Waals surface area contributed by atoms with Gasteiger partial charge in [0.05, 0.1) is 11.3 Å². The quantitative estimate of drug-likeness (QED) is 0.654. The van der Waals surface area contributed by atoms with Gasteiger partial charge in [0.2, 0.25) is 0 Å². The molecule has 10 heteroatoms. The van der Waals surface area contributed by atoms with Crippen LogP contribution in [-0.4, -0.2) is 49.1 Å². The summed E-state index contributed by atoms with van der Waals surface area (Å²) < 4.78 is 20.3. The first-order valence-electron chi connectivity index (χ1n) is 9.47. The number of hydrogen-bond acceptors (Lipinski definition) is 7. The van der Waals surface area contributed by atoms with Gasteiger partial charge in [-0.15, -0.1) is 0 Å². The Bertz CT molecular complexity index is 1180. The Morgan fingerprint density at radius 1 is 1.26 bits per heavy atom. The third-order valence-electron chi connectivity index (χ3n) is 4.85. The number of carboxylic acid groups (broad SMARTS) is 1. The van der Waals surface area contributed by atoms with Crippen LogP contribution in [0.3, 0.4) is 0 Å². The summed E-state index contributed by atoms with van der Waals surface area (Å²) >= 11 is 0. The molecule has 0 radical (unpaired) electrons. The lowest BCUT2D eigenvalue weighted by Crippen LogP contribution is -2.33. The van der Waals surface area contributed by atoms with Crippen LogP contribution in [0.25, 0.3) is 16.7 Å². The molecule has 0 unspecified atom stereocenters. The number of benzene rings is 1. The maximum Gasteiger partial charge on any atom is 0.407 e. The van der Waals surface area contributed by atoms with Gasteiger partial charge in [0.15, 0.2) is 11.6 Å². The van der Waals surface area contributed by atoms with Gasteiger partial charge in [-0.1, -0.05) is 12.1 Å². The Morgan fingerprint density at radius 2 is 2.10 bits per heavy atom. The van der Waals surface area contributed by atoms with Crippen LogP contribution >= 0.6 is 0 Å². The molecular formula is C21H19FN6O3. The lowest BCUT2D eigenvalue weighted by Gasteiger charge is -2.24. The average molecular weight is 422 g/mol. The second-order valence-electron chi connectivity index (χ2n) is 6.92. The van der Waals surface area contributed by atoms with Crippen molar-refractivity contribution >= 4 is 17.5 Å². The summed E-state index contributed by atoms with van der Waals surface area (Å²) in [6.45, 7) is 2.36. The molecule has 3 aromatic rings. The van der Waals surface area contributed by atoms with Gasteiger partial charge in [-0.25, -0.2) is 29.1 Å². The Kier molecular flexibility index (Phi) is 5.44. The van der Waals surface area contributed by atoms with Gasteiger partial charge in [-0.3, -0.25) is 0 Å². The molecule has 3 heterocycles. The molecule has 2 aromatic heterocycles. The molecule has 0 bridgehead atoms. The highest BCUT2D eigenvalue weighted by Gasteiger charge is 2.22.